The van der Waals surface area contributed by atoms with E-state index in [0.29, 0.717) is 24.9 Å². The van der Waals surface area contributed by atoms with Gasteiger partial charge in [0.2, 0.25) is 5.82 Å². The summed E-state index contributed by atoms with van der Waals surface area (Å²) in [4.78, 5) is 6.62. The van der Waals surface area contributed by atoms with Gasteiger partial charge in [-0.2, -0.15) is 4.98 Å². The SMILES string of the molecule is CN1CCOC(c2nc(-c3ccc(CN)cc3)no2)C1.Cl. The predicted molar refractivity (Wildman–Crippen MR) is 81.1 cm³/mol. The van der Waals surface area contributed by atoms with Crippen molar-refractivity contribution in [3.8, 4) is 11.4 Å². The Balaban J connectivity index is 0.00000161. The minimum absolute atomic E-state index is 0. The van der Waals surface area contributed by atoms with Crippen LogP contribution >= 0.6 is 12.4 Å². The number of ether oxygens (including phenoxy) is 1. The average Bonchev–Trinajstić information content (AvgIpc) is 2.97. The lowest BCUT2D eigenvalue weighted by atomic mass is 10.1. The van der Waals surface area contributed by atoms with Gasteiger partial charge in [0.1, 0.15) is 6.10 Å². The molecular formula is C14H19ClN4O2. The van der Waals surface area contributed by atoms with Gasteiger partial charge in [0, 0.05) is 25.2 Å². The van der Waals surface area contributed by atoms with Gasteiger partial charge in [0.15, 0.2) is 0 Å². The van der Waals surface area contributed by atoms with Gasteiger partial charge in [-0.3, -0.25) is 0 Å². The quantitative estimate of drug-likeness (QED) is 0.928. The summed E-state index contributed by atoms with van der Waals surface area (Å²) in [6.07, 6.45) is -0.140. The number of hydrogen-bond donors (Lipinski definition) is 1. The minimum Gasteiger partial charge on any atom is -0.366 e. The van der Waals surface area contributed by atoms with Gasteiger partial charge in [0.25, 0.3) is 5.89 Å². The summed E-state index contributed by atoms with van der Waals surface area (Å²) in [6, 6.07) is 7.84. The molecular weight excluding hydrogens is 292 g/mol. The van der Waals surface area contributed by atoms with Crippen LogP contribution in [0.3, 0.4) is 0 Å². The van der Waals surface area contributed by atoms with Gasteiger partial charge in [0.05, 0.1) is 6.61 Å². The van der Waals surface area contributed by atoms with Crippen LogP contribution in [0.4, 0.5) is 0 Å². The lowest BCUT2D eigenvalue weighted by Gasteiger charge is -2.27. The number of likely N-dealkylation sites (N-methyl/N-ethyl adjacent to an activating group) is 1. The molecule has 0 radical (unpaired) electrons. The van der Waals surface area contributed by atoms with E-state index in [0.717, 1.165) is 24.2 Å². The molecule has 2 aromatic rings. The number of nitrogens with two attached hydrogens (primary N) is 1. The fourth-order valence-corrected chi connectivity index (χ4v) is 2.20. The van der Waals surface area contributed by atoms with Gasteiger partial charge in [-0.05, 0) is 12.6 Å². The molecule has 0 bridgehead atoms. The molecule has 114 valence electrons. The van der Waals surface area contributed by atoms with Gasteiger partial charge in [-0.1, -0.05) is 29.4 Å². The van der Waals surface area contributed by atoms with Crippen LogP contribution in [0, 0.1) is 0 Å². The van der Waals surface area contributed by atoms with E-state index in [2.05, 4.69) is 22.1 Å². The van der Waals surface area contributed by atoms with E-state index < -0.39 is 0 Å². The first-order valence-corrected chi connectivity index (χ1v) is 6.69. The van der Waals surface area contributed by atoms with Crippen molar-refractivity contribution in [1.82, 2.24) is 15.0 Å². The van der Waals surface area contributed by atoms with Gasteiger partial charge < -0.3 is 19.9 Å². The molecule has 21 heavy (non-hydrogen) atoms. The first-order valence-electron chi connectivity index (χ1n) is 6.69. The lowest BCUT2D eigenvalue weighted by molar-refractivity contribution is -0.0366. The summed E-state index contributed by atoms with van der Waals surface area (Å²) in [5.74, 6) is 1.12. The molecule has 1 unspecified atom stereocenters. The average molecular weight is 311 g/mol. The number of hydrogen-bond acceptors (Lipinski definition) is 6. The fourth-order valence-electron chi connectivity index (χ4n) is 2.20. The van der Waals surface area contributed by atoms with Crippen LogP contribution in [0.25, 0.3) is 11.4 Å². The van der Waals surface area contributed by atoms with Crippen molar-refractivity contribution in [1.29, 1.82) is 0 Å². The number of nitrogens with zero attached hydrogens (tertiary/aromatic N) is 3. The van der Waals surface area contributed by atoms with Gasteiger partial charge in [-0.25, -0.2) is 0 Å². The molecule has 0 amide bonds. The van der Waals surface area contributed by atoms with Crippen LogP contribution < -0.4 is 5.73 Å². The topological polar surface area (TPSA) is 77.4 Å². The normalized spacial score (nSPS) is 19.2. The summed E-state index contributed by atoms with van der Waals surface area (Å²) in [5.41, 5.74) is 7.58. The van der Waals surface area contributed by atoms with Crippen LogP contribution in [0.5, 0.6) is 0 Å². The molecule has 0 aliphatic carbocycles. The largest absolute Gasteiger partial charge is 0.366 e. The Morgan fingerprint density at radius 2 is 2.10 bits per heavy atom. The second-order valence-electron chi connectivity index (χ2n) is 4.98. The van der Waals surface area contributed by atoms with E-state index in [1.165, 1.54) is 0 Å². The number of halogens is 1. The maximum atomic E-state index is 5.67. The van der Waals surface area contributed by atoms with Gasteiger partial charge >= 0.3 is 0 Å². The Kier molecular flexibility index (Phi) is 5.30. The summed E-state index contributed by atoms with van der Waals surface area (Å²) < 4.78 is 11.0. The highest BCUT2D eigenvalue weighted by atomic mass is 35.5. The molecule has 1 aromatic heterocycles. The standard InChI is InChI=1S/C14H18N4O2.ClH/c1-18-6-7-19-12(9-18)14-16-13(17-20-14)11-4-2-10(8-15)3-5-11;/h2-5,12H,6-9,15H2,1H3;1H. The highest BCUT2D eigenvalue weighted by molar-refractivity contribution is 5.85. The van der Waals surface area contributed by atoms with Crippen LogP contribution in [0.2, 0.25) is 0 Å². The Labute approximate surface area is 129 Å². The van der Waals surface area contributed by atoms with Crippen molar-refractivity contribution in [2.75, 3.05) is 26.7 Å². The number of aromatic nitrogens is 2. The first-order chi connectivity index (χ1) is 9.76. The van der Waals surface area contributed by atoms with Crippen LogP contribution in [-0.2, 0) is 11.3 Å². The highest BCUT2D eigenvalue weighted by Crippen LogP contribution is 2.23. The Morgan fingerprint density at radius 1 is 1.33 bits per heavy atom. The molecule has 2 N–H and O–H groups in total. The zero-order valence-corrected chi connectivity index (χ0v) is 12.7. The van der Waals surface area contributed by atoms with E-state index in [4.69, 9.17) is 15.0 Å². The van der Waals surface area contributed by atoms with E-state index in [9.17, 15) is 0 Å². The van der Waals surface area contributed by atoms with Crippen LogP contribution in [0.15, 0.2) is 28.8 Å². The summed E-state index contributed by atoms with van der Waals surface area (Å²) in [7, 11) is 2.05. The molecule has 3 rings (SSSR count). The number of rotatable bonds is 3. The Morgan fingerprint density at radius 3 is 2.76 bits per heavy atom. The van der Waals surface area contributed by atoms with E-state index >= 15 is 0 Å². The summed E-state index contributed by atoms with van der Waals surface area (Å²) in [6.45, 7) is 2.91. The van der Waals surface area contributed by atoms with Crippen molar-refractivity contribution < 1.29 is 9.26 Å². The predicted octanol–water partition coefficient (Wildman–Crippen LogP) is 1.62. The van der Waals surface area contributed by atoms with E-state index in [-0.39, 0.29) is 18.5 Å². The third-order valence-electron chi connectivity index (χ3n) is 3.43. The molecule has 1 fully saturated rings. The van der Waals surface area contributed by atoms with Gasteiger partial charge in [-0.15, -0.1) is 12.4 Å². The summed E-state index contributed by atoms with van der Waals surface area (Å²) >= 11 is 0. The smallest absolute Gasteiger partial charge is 0.257 e. The molecule has 2 heterocycles. The van der Waals surface area contributed by atoms with Crippen molar-refractivity contribution in [3.63, 3.8) is 0 Å². The fraction of sp³-hybridized carbons (Fsp3) is 0.429. The van der Waals surface area contributed by atoms with E-state index in [1.54, 1.807) is 0 Å². The van der Waals surface area contributed by atoms with Crippen LogP contribution in [0.1, 0.15) is 17.6 Å². The molecule has 0 saturated carbocycles. The maximum Gasteiger partial charge on any atom is 0.257 e. The second kappa shape index (κ2) is 7.00. The first kappa shape index (κ1) is 15.9. The zero-order chi connectivity index (χ0) is 13.9. The third kappa shape index (κ3) is 3.59. The molecule has 1 atom stereocenters. The molecule has 6 nitrogen and oxygen atoms in total. The number of morpholine rings is 1. The summed E-state index contributed by atoms with van der Waals surface area (Å²) in [5, 5.41) is 4.03. The third-order valence-corrected chi connectivity index (χ3v) is 3.43. The zero-order valence-electron chi connectivity index (χ0n) is 11.9. The second-order valence-corrected chi connectivity index (χ2v) is 4.98. The molecule has 1 aliphatic rings. The highest BCUT2D eigenvalue weighted by Gasteiger charge is 2.25. The molecule has 0 spiro atoms. The Hall–Kier alpha value is -1.47. The maximum absolute atomic E-state index is 5.67. The van der Waals surface area contributed by atoms with Crippen molar-refractivity contribution >= 4 is 12.4 Å². The molecule has 1 aromatic carbocycles. The Bertz CT molecular complexity index is 573. The minimum atomic E-state index is -0.140. The van der Waals surface area contributed by atoms with Crippen molar-refractivity contribution in [3.05, 3.63) is 35.7 Å². The van der Waals surface area contributed by atoms with Crippen molar-refractivity contribution in [2.24, 2.45) is 5.73 Å². The molecule has 7 heteroatoms. The van der Waals surface area contributed by atoms with Crippen molar-refractivity contribution in [2.45, 2.75) is 12.6 Å². The van der Waals surface area contributed by atoms with E-state index in [1.807, 2.05) is 24.3 Å². The molecule has 1 saturated heterocycles. The number of benzene rings is 1. The molecule has 1 aliphatic heterocycles. The van der Waals surface area contributed by atoms with Crippen LogP contribution in [-0.4, -0.2) is 41.8 Å². The lowest BCUT2D eigenvalue weighted by Crippen LogP contribution is -2.35. The monoisotopic (exact) mass is 310 g/mol.